The number of hydrogen-bond donors (Lipinski definition) is 1. The van der Waals surface area contributed by atoms with E-state index in [0.717, 1.165) is 19.4 Å². The summed E-state index contributed by atoms with van der Waals surface area (Å²) in [5.41, 5.74) is 7.74. The predicted octanol–water partition coefficient (Wildman–Crippen LogP) is 3.64. The van der Waals surface area contributed by atoms with E-state index >= 15 is 0 Å². The van der Waals surface area contributed by atoms with Crippen molar-refractivity contribution < 1.29 is 8.81 Å². The van der Waals surface area contributed by atoms with Crippen molar-refractivity contribution in [2.75, 3.05) is 5.73 Å². The highest BCUT2D eigenvalue weighted by atomic mass is 32.2. The molecule has 0 saturated carbocycles. The van der Waals surface area contributed by atoms with Crippen molar-refractivity contribution in [1.82, 2.24) is 24.5 Å². The van der Waals surface area contributed by atoms with Crippen LogP contribution < -0.4 is 5.73 Å². The van der Waals surface area contributed by atoms with Crippen LogP contribution in [0.4, 0.5) is 10.2 Å². The van der Waals surface area contributed by atoms with Crippen molar-refractivity contribution in [2.24, 2.45) is 0 Å². The topological polar surface area (TPSA) is 95.7 Å². The van der Waals surface area contributed by atoms with Crippen molar-refractivity contribution in [1.29, 1.82) is 0 Å². The summed E-state index contributed by atoms with van der Waals surface area (Å²) in [6.45, 7) is 2.85. The molecular formula is C16H15FN6OS. The largest absolute Gasteiger partial charge is 0.428 e. The standard InChI is InChI=1S/C16H15FN6OS/c1-2-3-7-23-14-11(13(18)19-8-20-14)22-15(23)25-16-21-10-6-4-5-9(17)12(10)24-16/h4-6,8H,2-3,7H2,1H3,(H2,18,19,20). The maximum Gasteiger partial charge on any atom is 0.264 e. The number of hydrogen-bond acceptors (Lipinski definition) is 7. The number of imidazole rings is 1. The van der Waals surface area contributed by atoms with Gasteiger partial charge in [0.05, 0.1) is 0 Å². The Morgan fingerprint density at radius 3 is 2.96 bits per heavy atom. The highest BCUT2D eigenvalue weighted by molar-refractivity contribution is 7.99. The summed E-state index contributed by atoms with van der Waals surface area (Å²) in [4.78, 5) is 17.1. The smallest absolute Gasteiger partial charge is 0.264 e. The van der Waals surface area contributed by atoms with Gasteiger partial charge < -0.3 is 14.7 Å². The summed E-state index contributed by atoms with van der Waals surface area (Å²) >= 11 is 1.22. The first kappa shape index (κ1) is 15.8. The number of aryl methyl sites for hydroxylation is 1. The van der Waals surface area contributed by atoms with Gasteiger partial charge in [-0.25, -0.2) is 24.3 Å². The van der Waals surface area contributed by atoms with Crippen LogP contribution in [0.25, 0.3) is 22.3 Å². The first-order valence-corrected chi connectivity index (χ1v) is 8.68. The van der Waals surface area contributed by atoms with Crippen LogP contribution in [0.3, 0.4) is 0 Å². The molecule has 0 saturated heterocycles. The van der Waals surface area contributed by atoms with Crippen molar-refractivity contribution in [3.63, 3.8) is 0 Å². The molecule has 0 radical (unpaired) electrons. The Morgan fingerprint density at radius 2 is 2.16 bits per heavy atom. The Bertz CT molecular complexity index is 1060. The van der Waals surface area contributed by atoms with Crippen molar-refractivity contribution in [3.8, 4) is 0 Å². The Labute approximate surface area is 146 Å². The van der Waals surface area contributed by atoms with Gasteiger partial charge in [-0.05, 0) is 18.6 Å². The van der Waals surface area contributed by atoms with Crippen molar-refractivity contribution in [2.45, 2.75) is 36.7 Å². The fraction of sp³-hybridized carbons (Fsp3) is 0.250. The molecule has 0 aliphatic carbocycles. The monoisotopic (exact) mass is 358 g/mol. The number of nitrogens with two attached hydrogens (primary N) is 1. The molecule has 7 nitrogen and oxygen atoms in total. The Balaban J connectivity index is 1.79. The zero-order valence-corrected chi connectivity index (χ0v) is 14.3. The van der Waals surface area contributed by atoms with Gasteiger partial charge in [0.15, 0.2) is 33.5 Å². The molecule has 0 atom stereocenters. The molecule has 0 spiro atoms. The number of benzene rings is 1. The van der Waals surface area contributed by atoms with Gasteiger partial charge in [-0.15, -0.1) is 0 Å². The Kier molecular flexibility index (Phi) is 4.00. The van der Waals surface area contributed by atoms with E-state index < -0.39 is 5.82 Å². The van der Waals surface area contributed by atoms with E-state index in [-0.39, 0.29) is 5.58 Å². The third-order valence-electron chi connectivity index (χ3n) is 3.79. The SMILES string of the molecule is CCCCn1c(Sc2nc3cccc(F)c3o2)nc2c(N)ncnc21. The maximum absolute atomic E-state index is 13.8. The van der Waals surface area contributed by atoms with Crippen LogP contribution in [0.2, 0.25) is 0 Å². The molecule has 0 bridgehead atoms. The number of rotatable bonds is 5. The van der Waals surface area contributed by atoms with E-state index in [1.165, 1.54) is 24.2 Å². The number of nitrogen functional groups attached to an aromatic ring is 1. The molecule has 4 rings (SSSR count). The molecule has 128 valence electrons. The average Bonchev–Trinajstić information content (AvgIpc) is 3.16. The lowest BCUT2D eigenvalue weighted by Gasteiger charge is -2.05. The third-order valence-corrected chi connectivity index (χ3v) is 4.63. The Morgan fingerprint density at radius 1 is 1.28 bits per heavy atom. The minimum atomic E-state index is -0.438. The van der Waals surface area contributed by atoms with Crippen molar-refractivity contribution >= 4 is 39.8 Å². The third kappa shape index (κ3) is 2.80. The van der Waals surface area contributed by atoms with Gasteiger partial charge in [0.25, 0.3) is 5.22 Å². The van der Waals surface area contributed by atoms with E-state index in [0.29, 0.717) is 32.9 Å². The fourth-order valence-electron chi connectivity index (χ4n) is 2.55. The molecule has 25 heavy (non-hydrogen) atoms. The van der Waals surface area contributed by atoms with Gasteiger partial charge in [0.2, 0.25) is 0 Å². The molecule has 0 aliphatic rings. The molecule has 0 fully saturated rings. The normalized spacial score (nSPS) is 11.6. The number of para-hydroxylation sites is 1. The van der Waals surface area contributed by atoms with Crippen LogP contribution in [0.15, 0.2) is 39.3 Å². The lowest BCUT2D eigenvalue weighted by atomic mass is 10.3. The second-order valence-corrected chi connectivity index (χ2v) is 6.42. The van der Waals surface area contributed by atoms with E-state index in [4.69, 9.17) is 10.2 Å². The van der Waals surface area contributed by atoms with E-state index in [9.17, 15) is 4.39 Å². The van der Waals surface area contributed by atoms with E-state index in [1.54, 1.807) is 12.1 Å². The second-order valence-electron chi connectivity index (χ2n) is 5.50. The van der Waals surface area contributed by atoms with E-state index in [2.05, 4.69) is 26.9 Å². The first-order valence-electron chi connectivity index (χ1n) is 7.87. The summed E-state index contributed by atoms with van der Waals surface area (Å²) in [5, 5.41) is 0.960. The van der Waals surface area contributed by atoms with Crippen LogP contribution in [0.1, 0.15) is 19.8 Å². The minimum absolute atomic E-state index is 0.139. The van der Waals surface area contributed by atoms with Gasteiger partial charge >= 0.3 is 0 Å². The number of unbranched alkanes of at least 4 members (excludes halogenated alkanes) is 1. The summed E-state index contributed by atoms with van der Waals surface area (Å²) in [6.07, 6.45) is 3.41. The number of nitrogens with zero attached hydrogens (tertiary/aromatic N) is 5. The molecule has 0 unspecified atom stereocenters. The molecular weight excluding hydrogens is 343 g/mol. The molecule has 0 aliphatic heterocycles. The summed E-state index contributed by atoms with van der Waals surface area (Å²) < 4.78 is 21.3. The van der Waals surface area contributed by atoms with Gasteiger partial charge in [-0.2, -0.15) is 0 Å². The van der Waals surface area contributed by atoms with Crippen LogP contribution in [0.5, 0.6) is 0 Å². The maximum atomic E-state index is 13.8. The number of anilines is 1. The second kappa shape index (κ2) is 6.32. The highest BCUT2D eigenvalue weighted by Gasteiger charge is 2.18. The van der Waals surface area contributed by atoms with Gasteiger partial charge in [-0.3, -0.25) is 0 Å². The first-order chi connectivity index (χ1) is 12.2. The van der Waals surface area contributed by atoms with Gasteiger partial charge in [-0.1, -0.05) is 19.4 Å². The fourth-order valence-corrected chi connectivity index (χ4v) is 3.40. The summed E-state index contributed by atoms with van der Waals surface area (Å²) in [7, 11) is 0. The molecule has 4 aromatic rings. The average molecular weight is 358 g/mol. The molecule has 1 aromatic carbocycles. The predicted molar refractivity (Wildman–Crippen MR) is 92.7 cm³/mol. The molecule has 0 amide bonds. The van der Waals surface area contributed by atoms with E-state index in [1.807, 2.05) is 4.57 Å². The number of aromatic nitrogens is 5. The van der Waals surface area contributed by atoms with Crippen LogP contribution >= 0.6 is 11.8 Å². The van der Waals surface area contributed by atoms with Gasteiger partial charge in [0, 0.05) is 18.3 Å². The van der Waals surface area contributed by atoms with Gasteiger partial charge in [0.1, 0.15) is 11.8 Å². The number of halogens is 1. The number of oxazole rings is 1. The zero-order chi connectivity index (χ0) is 17.4. The summed E-state index contributed by atoms with van der Waals surface area (Å²) in [5.74, 6) is -0.114. The molecule has 3 heterocycles. The van der Waals surface area contributed by atoms with Crippen molar-refractivity contribution in [3.05, 3.63) is 30.3 Å². The zero-order valence-electron chi connectivity index (χ0n) is 13.4. The van der Waals surface area contributed by atoms with Crippen LogP contribution in [-0.4, -0.2) is 24.5 Å². The summed E-state index contributed by atoms with van der Waals surface area (Å²) in [6, 6.07) is 4.64. The molecule has 3 aromatic heterocycles. The quantitative estimate of drug-likeness (QED) is 0.582. The number of fused-ring (bicyclic) bond motifs is 2. The minimum Gasteiger partial charge on any atom is -0.428 e. The lowest BCUT2D eigenvalue weighted by molar-refractivity contribution is 0.469. The Hall–Kier alpha value is -2.68. The molecule has 9 heteroatoms. The highest BCUT2D eigenvalue weighted by Crippen LogP contribution is 2.33. The van der Waals surface area contributed by atoms with Crippen LogP contribution in [-0.2, 0) is 6.54 Å². The molecule has 2 N–H and O–H groups in total. The lowest BCUT2D eigenvalue weighted by Crippen LogP contribution is -2.01. The van der Waals surface area contributed by atoms with Crippen LogP contribution in [0, 0.1) is 5.82 Å².